The maximum absolute atomic E-state index is 8.99. The minimum absolute atomic E-state index is 0.412. The molecular formula is C19H16ClN5O. The van der Waals surface area contributed by atoms with Crippen molar-refractivity contribution in [1.29, 1.82) is 5.26 Å². The van der Waals surface area contributed by atoms with Gasteiger partial charge >= 0.3 is 0 Å². The van der Waals surface area contributed by atoms with Crippen LogP contribution in [0.3, 0.4) is 0 Å². The second-order valence-corrected chi connectivity index (χ2v) is 5.92. The molecule has 0 aliphatic carbocycles. The number of hydrogen-bond donors (Lipinski definition) is 2. The SMILES string of the molecule is COc1cc(Cl)c(C)cc1Nc1ccnc(Nc2cccc(C#N)c2)n1. The molecule has 0 radical (unpaired) electrons. The lowest BCUT2D eigenvalue weighted by Gasteiger charge is -2.13. The lowest BCUT2D eigenvalue weighted by molar-refractivity contribution is 0.416. The maximum atomic E-state index is 8.99. The monoisotopic (exact) mass is 365 g/mol. The Morgan fingerprint density at radius 3 is 2.77 bits per heavy atom. The lowest BCUT2D eigenvalue weighted by atomic mass is 10.2. The lowest BCUT2D eigenvalue weighted by Crippen LogP contribution is -2.02. The Labute approximate surface area is 156 Å². The first-order valence-corrected chi connectivity index (χ1v) is 8.18. The number of aryl methyl sites for hydroxylation is 1. The summed E-state index contributed by atoms with van der Waals surface area (Å²) < 4.78 is 5.37. The van der Waals surface area contributed by atoms with Crippen molar-refractivity contribution in [2.75, 3.05) is 17.7 Å². The average Bonchev–Trinajstić information content (AvgIpc) is 2.65. The molecule has 0 aliphatic heterocycles. The molecule has 0 saturated heterocycles. The average molecular weight is 366 g/mol. The van der Waals surface area contributed by atoms with E-state index in [1.165, 1.54) is 0 Å². The van der Waals surface area contributed by atoms with E-state index in [-0.39, 0.29) is 0 Å². The van der Waals surface area contributed by atoms with Gasteiger partial charge in [-0.15, -0.1) is 0 Å². The summed E-state index contributed by atoms with van der Waals surface area (Å²) in [5.41, 5.74) is 2.98. The number of nitrogens with one attached hydrogen (secondary N) is 2. The first-order chi connectivity index (χ1) is 12.6. The van der Waals surface area contributed by atoms with E-state index >= 15 is 0 Å². The van der Waals surface area contributed by atoms with Gasteiger partial charge in [0.15, 0.2) is 0 Å². The quantitative estimate of drug-likeness (QED) is 0.675. The van der Waals surface area contributed by atoms with Crippen molar-refractivity contribution in [3.05, 3.63) is 64.8 Å². The van der Waals surface area contributed by atoms with Crippen molar-refractivity contribution < 1.29 is 4.74 Å². The second kappa shape index (κ2) is 7.72. The zero-order valence-electron chi connectivity index (χ0n) is 14.2. The summed E-state index contributed by atoms with van der Waals surface area (Å²) in [7, 11) is 1.58. The Morgan fingerprint density at radius 2 is 2.00 bits per heavy atom. The molecule has 0 aliphatic rings. The number of hydrogen-bond acceptors (Lipinski definition) is 6. The topological polar surface area (TPSA) is 82.9 Å². The van der Waals surface area contributed by atoms with E-state index in [1.54, 1.807) is 43.6 Å². The molecule has 130 valence electrons. The van der Waals surface area contributed by atoms with Crippen LogP contribution in [0.25, 0.3) is 0 Å². The van der Waals surface area contributed by atoms with Crippen LogP contribution in [-0.2, 0) is 0 Å². The molecule has 3 rings (SSSR count). The summed E-state index contributed by atoms with van der Waals surface area (Å²) in [6.07, 6.45) is 1.64. The number of anilines is 4. The number of rotatable bonds is 5. The molecule has 1 heterocycles. The van der Waals surface area contributed by atoms with Crippen LogP contribution in [-0.4, -0.2) is 17.1 Å². The van der Waals surface area contributed by atoms with Gasteiger partial charge in [-0.2, -0.15) is 10.2 Å². The van der Waals surface area contributed by atoms with Gasteiger partial charge in [0, 0.05) is 23.0 Å². The van der Waals surface area contributed by atoms with Gasteiger partial charge in [-0.3, -0.25) is 0 Å². The van der Waals surface area contributed by atoms with Crippen LogP contribution in [0, 0.1) is 18.3 Å². The molecule has 0 spiro atoms. The van der Waals surface area contributed by atoms with E-state index in [0.29, 0.717) is 28.1 Å². The molecule has 0 bridgehead atoms. The summed E-state index contributed by atoms with van der Waals surface area (Å²) in [5.74, 6) is 1.63. The normalized spacial score (nSPS) is 10.1. The molecule has 7 heteroatoms. The molecule has 1 aromatic heterocycles. The van der Waals surface area contributed by atoms with Crippen LogP contribution in [0.4, 0.5) is 23.1 Å². The standard InChI is InChI=1S/C19H16ClN5O/c1-12-8-16(17(26-2)10-15(12)20)24-18-6-7-22-19(25-18)23-14-5-3-4-13(9-14)11-21/h3-10H,1-2H3,(H2,22,23,24,25). The highest BCUT2D eigenvalue weighted by atomic mass is 35.5. The summed E-state index contributed by atoms with van der Waals surface area (Å²) in [4.78, 5) is 8.65. The van der Waals surface area contributed by atoms with Gasteiger partial charge in [0.1, 0.15) is 11.6 Å². The molecule has 0 unspecified atom stereocenters. The number of aromatic nitrogens is 2. The first kappa shape index (κ1) is 17.5. The van der Waals surface area contributed by atoms with Crippen molar-refractivity contribution in [3.63, 3.8) is 0 Å². The van der Waals surface area contributed by atoms with E-state index in [2.05, 4.69) is 26.7 Å². The van der Waals surface area contributed by atoms with Gasteiger partial charge in [-0.05, 0) is 42.8 Å². The number of ether oxygens (including phenoxy) is 1. The third-order valence-corrected chi connectivity index (χ3v) is 4.05. The highest BCUT2D eigenvalue weighted by Gasteiger charge is 2.09. The first-order valence-electron chi connectivity index (χ1n) is 7.80. The molecule has 3 aromatic rings. The Morgan fingerprint density at radius 1 is 1.15 bits per heavy atom. The molecular weight excluding hydrogens is 350 g/mol. The minimum atomic E-state index is 0.412. The van der Waals surface area contributed by atoms with Crippen molar-refractivity contribution in [2.45, 2.75) is 6.92 Å². The van der Waals surface area contributed by atoms with Crippen LogP contribution < -0.4 is 15.4 Å². The van der Waals surface area contributed by atoms with Gasteiger partial charge in [0.2, 0.25) is 5.95 Å². The van der Waals surface area contributed by atoms with Gasteiger partial charge in [0.25, 0.3) is 0 Å². The zero-order chi connectivity index (χ0) is 18.5. The fraction of sp³-hybridized carbons (Fsp3) is 0.105. The van der Waals surface area contributed by atoms with E-state index in [9.17, 15) is 0 Å². The molecule has 0 amide bonds. The molecule has 0 atom stereocenters. The van der Waals surface area contributed by atoms with Gasteiger partial charge in [-0.1, -0.05) is 17.7 Å². The fourth-order valence-corrected chi connectivity index (χ4v) is 2.51. The molecule has 0 saturated carbocycles. The van der Waals surface area contributed by atoms with Crippen LogP contribution in [0.2, 0.25) is 5.02 Å². The van der Waals surface area contributed by atoms with Gasteiger partial charge < -0.3 is 15.4 Å². The highest BCUT2D eigenvalue weighted by molar-refractivity contribution is 6.31. The third-order valence-electron chi connectivity index (χ3n) is 3.65. The van der Waals surface area contributed by atoms with E-state index < -0.39 is 0 Å². The Hall–Kier alpha value is -3.30. The van der Waals surface area contributed by atoms with Crippen molar-refractivity contribution in [3.8, 4) is 11.8 Å². The molecule has 6 nitrogen and oxygen atoms in total. The van der Waals surface area contributed by atoms with Crippen LogP contribution in [0.5, 0.6) is 5.75 Å². The summed E-state index contributed by atoms with van der Waals surface area (Å²) in [5, 5.41) is 15.9. The van der Waals surface area contributed by atoms with E-state index in [4.69, 9.17) is 21.6 Å². The molecule has 0 fully saturated rings. The Kier molecular flexibility index (Phi) is 5.20. The highest BCUT2D eigenvalue weighted by Crippen LogP contribution is 2.32. The van der Waals surface area contributed by atoms with Gasteiger partial charge in [-0.25, -0.2) is 4.98 Å². The summed E-state index contributed by atoms with van der Waals surface area (Å²) in [6.45, 7) is 1.92. The van der Waals surface area contributed by atoms with Crippen LogP contribution in [0.1, 0.15) is 11.1 Å². The largest absolute Gasteiger partial charge is 0.495 e. The predicted molar refractivity (Wildman–Crippen MR) is 102 cm³/mol. The molecule has 26 heavy (non-hydrogen) atoms. The van der Waals surface area contributed by atoms with E-state index in [1.807, 2.05) is 19.1 Å². The maximum Gasteiger partial charge on any atom is 0.229 e. The molecule has 2 aromatic carbocycles. The number of nitrogens with zero attached hydrogens (tertiary/aromatic N) is 3. The molecule has 2 N–H and O–H groups in total. The smallest absolute Gasteiger partial charge is 0.229 e. The minimum Gasteiger partial charge on any atom is -0.495 e. The Balaban J connectivity index is 1.84. The summed E-state index contributed by atoms with van der Waals surface area (Å²) >= 11 is 6.14. The number of halogens is 1. The Bertz CT molecular complexity index is 984. The number of benzene rings is 2. The van der Waals surface area contributed by atoms with Crippen molar-refractivity contribution in [1.82, 2.24) is 9.97 Å². The number of nitriles is 1. The third kappa shape index (κ3) is 4.02. The van der Waals surface area contributed by atoms with Crippen molar-refractivity contribution >= 4 is 34.7 Å². The van der Waals surface area contributed by atoms with E-state index in [0.717, 1.165) is 16.9 Å². The fourth-order valence-electron chi connectivity index (χ4n) is 2.35. The van der Waals surface area contributed by atoms with Crippen LogP contribution in [0.15, 0.2) is 48.7 Å². The van der Waals surface area contributed by atoms with Crippen LogP contribution >= 0.6 is 11.6 Å². The zero-order valence-corrected chi connectivity index (χ0v) is 15.0. The van der Waals surface area contributed by atoms with Gasteiger partial charge in [0.05, 0.1) is 24.4 Å². The summed E-state index contributed by atoms with van der Waals surface area (Å²) in [6, 6.07) is 14.6. The number of methoxy groups -OCH3 is 1. The second-order valence-electron chi connectivity index (χ2n) is 5.51. The predicted octanol–water partition coefficient (Wildman–Crippen LogP) is 4.81. The van der Waals surface area contributed by atoms with Crippen molar-refractivity contribution in [2.24, 2.45) is 0 Å².